The molecule has 1 amide bonds. The lowest BCUT2D eigenvalue weighted by molar-refractivity contribution is 0.0757. The Kier molecular flexibility index (Phi) is 3.84. The molecule has 16 heavy (non-hydrogen) atoms. The van der Waals surface area contributed by atoms with E-state index in [-0.39, 0.29) is 5.91 Å². The van der Waals surface area contributed by atoms with Crippen molar-refractivity contribution in [3.63, 3.8) is 0 Å². The second kappa shape index (κ2) is 5.36. The first kappa shape index (κ1) is 11.5. The maximum Gasteiger partial charge on any atom is 0.275 e. The number of carbonyl (C=O) groups excluding carboxylic acids is 1. The SMILES string of the molecule is CN(CC1CCNCC1)C(=O)c1csnn1. The van der Waals surface area contributed by atoms with E-state index >= 15 is 0 Å². The molecule has 2 rings (SSSR count). The van der Waals surface area contributed by atoms with Crippen molar-refractivity contribution in [2.45, 2.75) is 12.8 Å². The number of aromatic nitrogens is 2. The molecule has 0 aromatic carbocycles. The molecule has 1 aromatic rings. The van der Waals surface area contributed by atoms with Crippen LogP contribution in [-0.4, -0.2) is 47.1 Å². The lowest BCUT2D eigenvalue weighted by Crippen LogP contribution is -2.37. The lowest BCUT2D eigenvalue weighted by atomic mass is 9.98. The van der Waals surface area contributed by atoms with E-state index in [0.717, 1.165) is 32.5 Å². The molecule has 1 fully saturated rings. The quantitative estimate of drug-likeness (QED) is 0.841. The molecule has 2 heterocycles. The molecule has 88 valence electrons. The van der Waals surface area contributed by atoms with Gasteiger partial charge in [-0.05, 0) is 43.4 Å². The first-order valence-corrected chi connectivity index (χ1v) is 6.34. The Morgan fingerprint density at radius 1 is 1.62 bits per heavy atom. The number of nitrogens with zero attached hydrogens (tertiary/aromatic N) is 3. The first-order valence-electron chi connectivity index (χ1n) is 5.50. The first-order chi connectivity index (χ1) is 7.77. The minimum absolute atomic E-state index is 0.0210. The van der Waals surface area contributed by atoms with Gasteiger partial charge in [-0.2, -0.15) is 0 Å². The van der Waals surface area contributed by atoms with Gasteiger partial charge in [-0.25, -0.2) is 0 Å². The van der Waals surface area contributed by atoms with Gasteiger partial charge in [0, 0.05) is 19.0 Å². The number of hydrogen-bond acceptors (Lipinski definition) is 5. The number of piperidine rings is 1. The third kappa shape index (κ3) is 2.76. The fourth-order valence-electron chi connectivity index (χ4n) is 1.99. The summed E-state index contributed by atoms with van der Waals surface area (Å²) in [6, 6.07) is 0. The number of amides is 1. The maximum absolute atomic E-state index is 11.9. The summed E-state index contributed by atoms with van der Waals surface area (Å²) in [5.41, 5.74) is 0.460. The average Bonchev–Trinajstić information content (AvgIpc) is 2.83. The van der Waals surface area contributed by atoms with Crippen LogP contribution in [0.3, 0.4) is 0 Å². The molecule has 1 aromatic heterocycles. The molecule has 0 bridgehead atoms. The zero-order valence-corrected chi connectivity index (χ0v) is 10.2. The molecule has 1 aliphatic heterocycles. The Balaban J connectivity index is 1.87. The summed E-state index contributed by atoms with van der Waals surface area (Å²) in [4.78, 5) is 13.7. The van der Waals surface area contributed by atoms with Crippen LogP contribution in [0.4, 0.5) is 0 Å². The van der Waals surface area contributed by atoms with E-state index in [9.17, 15) is 4.79 Å². The summed E-state index contributed by atoms with van der Waals surface area (Å²) in [5.74, 6) is 0.592. The molecule has 1 N–H and O–H groups in total. The van der Waals surface area contributed by atoms with Crippen LogP contribution >= 0.6 is 11.5 Å². The summed E-state index contributed by atoms with van der Waals surface area (Å²) < 4.78 is 3.71. The molecule has 0 radical (unpaired) electrons. The molecule has 0 aliphatic carbocycles. The van der Waals surface area contributed by atoms with Gasteiger partial charge in [-0.1, -0.05) is 4.49 Å². The molecule has 0 atom stereocenters. The summed E-state index contributed by atoms with van der Waals surface area (Å²) >= 11 is 1.21. The number of carbonyl (C=O) groups is 1. The Labute approximate surface area is 99.0 Å². The summed E-state index contributed by atoms with van der Waals surface area (Å²) in [7, 11) is 1.84. The third-order valence-electron chi connectivity index (χ3n) is 2.92. The van der Waals surface area contributed by atoms with Crippen molar-refractivity contribution in [3.8, 4) is 0 Å². The van der Waals surface area contributed by atoms with Crippen LogP contribution in [0, 0.1) is 5.92 Å². The van der Waals surface area contributed by atoms with E-state index in [0.29, 0.717) is 11.6 Å². The predicted octanol–water partition coefficient (Wildman–Crippen LogP) is 0.610. The van der Waals surface area contributed by atoms with Gasteiger partial charge in [-0.15, -0.1) is 5.10 Å². The van der Waals surface area contributed by atoms with Gasteiger partial charge in [0.05, 0.1) is 0 Å². The Morgan fingerprint density at radius 3 is 3.00 bits per heavy atom. The molecule has 0 unspecified atom stereocenters. The summed E-state index contributed by atoms with van der Waals surface area (Å²) in [5, 5.41) is 8.81. The van der Waals surface area contributed by atoms with Gasteiger partial charge in [0.1, 0.15) is 0 Å². The van der Waals surface area contributed by atoms with Crippen LogP contribution in [0.2, 0.25) is 0 Å². The van der Waals surface area contributed by atoms with Crippen molar-refractivity contribution in [2.75, 3.05) is 26.7 Å². The van der Waals surface area contributed by atoms with Crippen LogP contribution in [0.15, 0.2) is 5.38 Å². The van der Waals surface area contributed by atoms with Crippen LogP contribution in [0.25, 0.3) is 0 Å². The van der Waals surface area contributed by atoms with E-state index < -0.39 is 0 Å². The van der Waals surface area contributed by atoms with Crippen molar-refractivity contribution in [1.29, 1.82) is 0 Å². The summed E-state index contributed by atoms with van der Waals surface area (Å²) in [6.07, 6.45) is 2.29. The molecule has 0 spiro atoms. The topological polar surface area (TPSA) is 58.1 Å². The Morgan fingerprint density at radius 2 is 2.38 bits per heavy atom. The lowest BCUT2D eigenvalue weighted by Gasteiger charge is -2.27. The average molecular weight is 240 g/mol. The minimum Gasteiger partial charge on any atom is -0.340 e. The van der Waals surface area contributed by atoms with E-state index in [1.807, 2.05) is 7.05 Å². The highest BCUT2D eigenvalue weighted by Crippen LogP contribution is 2.13. The van der Waals surface area contributed by atoms with Crippen LogP contribution in [0.1, 0.15) is 23.3 Å². The second-order valence-corrected chi connectivity index (χ2v) is 4.78. The highest BCUT2D eigenvalue weighted by molar-refractivity contribution is 7.03. The highest BCUT2D eigenvalue weighted by Gasteiger charge is 2.20. The van der Waals surface area contributed by atoms with E-state index in [2.05, 4.69) is 14.9 Å². The minimum atomic E-state index is -0.0210. The molecule has 0 saturated carbocycles. The van der Waals surface area contributed by atoms with Gasteiger partial charge < -0.3 is 10.2 Å². The molecular weight excluding hydrogens is 224 g/mol. The number of rotatable bonds is 3. The molecular formula is C10H16N4OS. The summed E-state index contributed by atoms with van der Waals surface area (Å²) in [6.45, 7) is 2.94. The van der Waals surface area contributed by atoms with Crippen LogP contribution < -0.4 is 5.32 Å². The van der Waals surface area contributed by atoms with Crippen molar-refractivity contribution in [2.24, 2.45) is 5.92 Å². The van der Waals surface area contributed by atoms with Gasteiger partial charge in [-0.3, -0.25) is 4.79 Å². The highest BCUT2D eigenvalue weighted by atomic mass is 32.1. The molecule has 5 nitrogen and oxygen atoms in total. The Bertz CT molecular complexity index is 335. The zero-order chi connectivity index (χ0) is 11.4. The fraction of sp³-hybridized carbons (Fsp3) is 0.700. The monoisotopic (exact) mass is 240 g/mol. The largest absolute Gasteiger partial charge is 0.340 e. The predicted molar refractivity (Wildman–Crippen MR) is 62.5 cm³/mol. The van der Waals surface area contributed by atoms with E-state index in [1.165, 1.54) is 11.5 Å². The number of nitrogens with one attached hydrogen (secondary N) is 1. The maximum atomic E-state index is 11.9. The smallest absolute Gasteiger partial charge is 0.275 e. The van der Waals surface area contributed by atoms with Crippen molar-refractivity contribution in [1.82, 2.24) is 19.8 Å². The standard InChI is InChI=1S/C10H16N4OS/c1-14(6-8-2-4-11-5-3-8)10(15)9-7-16-13-12-9/h7-8,11H,2-6H2,1H3. The van der Waals surface area contributed by atoms with Crippen LogP contribution in [-0.2, 0) is 0 Å². The van der Waals surface area contributed by atoms with Gasteiger partial charge in [0.25, 0.3) is 5.91 Å². The van der Waals surface area contributed by atoms with Crippen LogP contribution in [0.5, 0.6) is 0 Å². The molecule has 6 heteroatoms. The van der Waals surface area contributed by atoms with Gasteiger partial charge in [0.15, 0.2) is 5.69 Å². The van der Waals surface area contributed by atoms with Gasteiger partial charge >= 0.3 is 0 Å². The Hall–Kier alpha value is -1.01. The van der Waals surface area contributed by atoms with Crippen molar-refractivity contribution >= 4 is 17.4 Å². The molecule has 1 aliphatic rings. The fourth-order valence-corrected chi connectivity index (χ4v) is 2.42. The second-order valence-electron chi connectivity index (χ2n) is 4.17. The third-order valence-corrected chi connectivity index (χ3v) is 3.42. The van der Waals surface area contributed by atoms with E-state index in [4.69, 9.17) is 0 Å². The van der Waals surface area contributed by atoms with Gasteiger partial charge in [0.2, 0.25) is 0 Å². The van der Waals surface area contributed by atoms with Crippen molar-refractivity contribution in [3.05, 3.63) is 11.1 Å². The van der Waals surface area contributed by atoms with Crippen molar-refractivity contribution < 1.29 is 4.79 Å². The van der Waals surface area contributed by atoms with E-state index in [1.54, 1.807) is 10.3 Å². The zero-order valence-electron chi connectivity index (χ0n) is 9.35. The molecule has 1 saturated heterocycles. The number of hydrogen-bond donors (Lipinski definition) is 1. The normalized spacial score (nSPS) is 17.3.